The highest BCUT2D eigenvalue weighted by Crippen LogP contribution is 2.26. The van der Waals surface area contributed by atoms with Gasteiger partial charge in [0.1, 0.15) is 5.82 Å². The molecule has 2 aromatic carbocycles. The summed E-state index contributed by atoms with van der Waals surface area (Å²) in [6.45, 7) is 0. The van der Waals surface area contributed by atoms with Crippen LogP contribution < -0.4 is 5.56 Å². The Labute approximate surface area is 103 Å². The lowest BCUT2D eigenvalue weighted by molar-refractivity contribution is 0.628. The highest BCUT2D eigenvalue weighted by Gasteiger charge is 2.06. The van der Waals surface area contributed by atoms with Gasteiger partial charge in [0.05, 0.1) is 0 Å². The summed E-state index contributed by atoms with van der Waals surface area (Å²) in [5.74, 6) is -0.308. The third kappa shape index (κ3) is 1.80. The van der Waals surface area contributed by atoms with Crippen molar-refractivity contribution in [2.45, 2.75) is 0 Å². The highest BCUT2D eigenvalue weighted by atomic mass is 19.1. The summed E-state index contributed by atoms with van der Waals surface area (Å²) in [6.07, 6.45) is 0. The molecule has 2 nitrogen and oxygen atoms in total. The van der Waals surface area contributed by atoms with Gasteiger partial charge in [-0.3, -0.25) is 4.79 Å². The smallest absolute Gasteiger partial charge is 0.249 e. The molecule has 18 heavy (non-hydrogen) atoms. The monoisotopic (exact) mass is 239 g/mol. The number of pyridine rings is 1. The number of H-pyrrole nitrogens is 1. The molecule has 88 valence electrons. The van der Waals surface area contributed by atoms with Crippen molar-refractivity contribution >= 4 is 10.9 Å². The number of aromatic nitrogens is 1. The fourth-order valence-corrected chi connectivity index (χ4v) is 2.10. The molecule has 0 saturated carbocycles. The number of fused-ring (bicyclic) bond motifs is 1. The molecule has 0 aliphatic heterocycles. The van der Waals surface area contributed by atoms with Gasteiger partial charge in [0.15, 0.2) is 0 Å². The van der Waals surface area contributed by atoms with Crippen molar-refractivity contribution in [2.24, 2.45) is 0 Å². The van der Waals surface area contributed by atoms with Gasteiger partial charge in [0.25, 0.3) is 0 Å². The van der Waals surface area contributed by atoms with Crippen LogP contribution in [0.3, 0.4) is 0 Å². The maximum Gasteiger partial charge on any atom is 0.249 e. The van der Waals surface area contributed by atoms with Gasteiger partial charge in [-0.15, -0.1) is 0 Å². The molecule has 3 aromatic rings. The van der Waals surface area contributed by atoms with Crippen LogP contribution in [0.2, 0.25) is 0 Å². The standard InChI is InChI=1S/C15H10FNO/c16-11-5-3-4-10(8-11)13-9-15(18)17-14-7-2-1-6-12(13)14/h1-9H,(H,17,18). The van der Waals surface area contributed by atoms with Crippen molar-refractivity contribution in [1.82, 2.24) is 4.98 Å². The Morgan fingerprint density at radius 1 is 0.944 bits per heavy atom. The molecule has 0 aliphatic carbocycles. The summed E-state index contributed by atoms with van der Waals surface area (Å²) in [5, 5.41) is 0.905. The van der Waals surface area contributed by atoms with Crippen LogP contribution in [0.25, 0.3) is 22.0 Å². The third-order valence-electron chi connectivity index (χ3n) is 2.89. The number of nitrogens with one attached hydrogen (secondary N) is 1. The van der Waals surface area contributed by atoms with Gasteiger partial charge in [-0.25, -0.2) is 4.39 Å². The van der Waals surface area contributed by atoms with Crippen molar-refractivity contribution in [1.29, 1.82) is 0 Å². The molecule has 1 heterocycles. The largest absolute Gasteiger partial charge is 0.322 e. The lowest BCUT2D eigenvalue weighted by Gasteiger charge is -2.06. The molecule has 3 heteroatoms. The Kier molecular flexibility index (Phi) is 2.45. The number of rotatable bonds is 1. The molecule has 0 unspecified atom stereocenters. The first-order valence-corrected chi connectivity index (χ1v) is 5.62. The Hall–Kier alpha value is -2.42. The van der Waals surface area contributed by atoms with Crippen molar-refractivity contribution in [3.63, 3.8) is 0 Å². The van der Waals surface area contributed by atoms with Gasteiger partial charge in [0.2, 0.25) is 5.56 Å². The Morgan fingerprint density at radius 3 is 2.61 bits per heavy atom. The second-order valence-electron chi connectivity index (χ2n) is 4.10. The quantitative estimate of drug-likeness (QED) is 0.694. The van der Waals surface area contributed by atoms with E-state index in [9.17, 15) is 9.18 Å². The molecule has 1 N–H and O–H groups in total. The summed E-state index contributed by atoms with van der Waals surface area (Å²) < 4.78 is 13.3. The lowest BCUT2D eigenvalue weighted by atomic mass is 10.0. The maximum atomic E-state index is 13.3. The van der Waals surface area contributed by atoms with E-state index in [1.807, 2.05) is 24.3 Å². The SMILES string of the molecule is O=c1cc(-c2cccc(F)c2)c2ccccc2[nH]1. The van der Waals surface area contributed by atoms with Crippen LogP contribution in [-0.2, 0) is 0 Å². The second-order valence-corrected chi connectivity index (χ2v) is 4.10. The van der Waals surface area contributed by atoms with E-state index in [-0.39, 0.29) is 11.4 Å². The first-order valence-electron chi connectivity index (χ1n) is 5.62. The van der Waals surface area contributed by atoms with E-state index < -0.39 is 0 Å². The molecule has 0 aliphatic rings. The maximum absolute atomic E-state index is 13.3. The molecular weight excluding hydrogens is 229 g/mol. The Bertz CT molecular complexity index is 777. The zero-order chi connectivity index (χ0) is 12.5. The lowest BCUT2D eigenvalue weighted by Crippen LogP contribution is -2.04. The molecule has 1 aromatic heterocycles. The van der Waals surface area contributed by atoms with E-state index >= 15 is 0 Å². The summed E-state index contributed by atoms with van der Waals surface area (Å²) >= 11 is 0. The van der Waals surface area contributed by atoms with Gasteiger partial charge in [-0.1, -0.05) is 30.3 Å². The zero-order valence-electron chi connectivity index (χ0n) is 9.48. The van der Waals surface area contributed by atoms with Crippen molar-refractivity contribution in [2.75, 3.05) is 0 Å². The molecule has 0 bridgehead atoms. The normalized spacial score (nSPS) is 10.7. The number of para-hydroxylation sites is 1. The van der Waals surface area contributed by atoms with Gasteiger partial charge in [-0.05, 0) is 29.3 Å². The molecule has 0 spiro atoms. The number of aromatic amines is 1. The minimum absolute atomic E-state index is 0.187. The highest BCUT2D eigenvalue weighted by molar-refractivity contribution is 5.94. The first kappa shape index (κ1) is 10.7. The molecule has 0 fully saturated rings. The number of hydrogen-bond acceptors (Lipinski definition) is 1. The molecule has 3 rings (SSSR count). The van der Waals surface area contributed by atoms with Crippen molar-refractivity contribution in [3.8, 4) is 11.1 Å². The van der Waals surface area contributed by atoms with Crippen LogP contribution in [0.15, 0.2) is 59.4 Å². The van der Waals surface area contributed by atoms with Crippen LogP contribution in [-0.4, -0.2) is 4.98 Å². The molecule has 0 amide bonds. The van der Waals surface area contributed by atoms with Crippen LogP contribution >= 0.6 is 0 Å². The van der Waals surface area contributed by atoms with Crippen LogP contribution in [0.4, 0.5) is 4.39 Å². The minimum Gasteiger partial charge on any atom is -0.322 e. The van der Waals surface area contributed by atoms with Crippen LogP contribution in [0.5, 0.6) is 0 Å². The minimum atomic E-state index is -0.308. The van der Waals surface area contributed by atoms with Crippen LogP contribution in [0.1, 0.15) is 0 Å². The molecular formula is C15H10FNO. The van der Waals surface area contributed by atoms with Gasteiger partial charge in [0, 0.05) is 17.0 Å². The fourth-order valence-electron chi connectivity index (χ4n) is 2.10. The summed E-state index contributed by atoms with van der Waals surface area (Å²) in [6, 6.07) is 15.2. The molecule has 0 atom stereocenters. The van der Waals surface area contributed by atoms with Crippen molar-refractivity contribution in [3.05, 3.63) is 70.8 Å². The van der Waals surface area contributed by atoms with Crippen LogP contribution in [0, 0.1) is 5.82 Å². The van der Waals surface area contributed by atoms with E-state index in [2.05, 4.69) is 4.98 Å². The van der Waals surface area contributed by atoms with Crippen molar-refractivity contribution < 1.29 is 4.39 Å². The Balaban J connectivity index is 2.38. The van der Waals surface area contributed by atoms with E-state index in [1.165, 1.54) is 18.2 Å². The van der Waals surface area contributed by atoms with E-state index in [0.717, 1.165) is 16.5 Å². The number of hydrogen-bond donors (Lipinski definition) is 1. The van der Waals surface area contributed by atoms with Gasteiger partial charge >= 0.3 is 0 Å². The first-order chi connectivity index (χ1) is 8.74. The van der Waals surface area contributed by atoms with E-state index in [4.69, 9.17) is 0 Å². The van der Waals surface area contributed by atoms with Gasteiger partial charge in [-0.2, -0.15) is 0 Å². The molecule has 0 saturated heterocycles. The van der Waals surface area contributed by atoms with E-state index in [0.29, 0.717) is 5.56 Å². The fraction of sp³-hybridized carbons (Fsp3) is 0. The van der Waals surface area contributed by atoms with E-state index in [1.54, 1.807) is 12.1 Å². The Morgan fingerprint density at radius 2 is 1.78 bits per heavy atom. The topological polar surface area (TPSA) is 32.9 Å². The summed E-state index contributed by atoms with van der Waals surface area (Å²) in [5.41, 5.74) is 2.02. The number of benzene rings is 2. The molecule has 0 radical (unpaired) electrons. The summed E-state index contributed by atoms with van der Waals surface area (Å²) in [4.78, 5) is 14.4. The predicted octanol–water partition coefficient (Wildman–Crippen LogP) is 3.33. The number of halogens is 1. The average Bonchev–Trinajstić information content (AvgIpc) is 2.37. The third-order valence-corrected chi connectivity index (χ3v) is 2.89. The van der Waals surface area contributed by atoms with Gasteiger partial charge < -0.3 is 4.98 Å². The average molecular weight is 239 g/mol. The zero-order valence-corrected chi connectivity index (χ0v) is 9.48. The second kappa shape index (κ2) is 4.11. The predicted molar refractivity (Wildman–Crippen MR) is 70.0 cm³/mol. The summed E-state index contributed by atoms with van der Waals surface area (Å²) in [7, 11) is 0.